The summed E-state index contributed by atoms with van der Waals surface area (Å²) in [4.78, 5) is 0.690. The predicted octanol–water partition coefficient (Wildman–Crippen LogP) is 1.40. The van der Waals surface area contributed by atoms with Gasteiger partial charge in [0.15, 0.2) is 17.3 Å². The molecule has 0 saturated carbocycles. The highest BCUT2D eigenvalue weighted by Gasteiger charge is 2.10. The fourth-order valence-electron chi connectivity index (χ4n) is 1.82. The van der Waals surface area contributed by atoms with Gasteiger partial charge in [0.1, 0.15) is 0 Å². The molecule has 0 atom stereocenters. The van der Waals surface area contributed by atoms with Crippen LogP contribution in [0.5, 0.6) is 11.5 Å². The minimum absolute atomic E-state index is 0.457. The third kappa shape index (κ3) is 2.37. The molecule has 104 valence electrons. The van der Waals surface area contributed by atoms with Crippen molar-refractivity contribution in [1.82, 2.24) is 19.8 Å². The zero-order valence-electron chi connectivity index (χ0n) is 10.8. The van der Waals surface area contributed by atoms with E-state index in [-0.39, 0.29) is 0 Å². The first-order chi connectivity index (χ1) is 9.78. The molecule has 8 heteroatoms. The van der Waals surface area contributed by atoms with E-state index in [0.29, 0.717) is 34.6 Å². The minimum Gasteiger partial charge on any atom is -0.493 e. The fraction of sp³-hybridized carbons (Fsp3) is 0.250. The van der Waals surface area contributed by atoms with E-state index >= 15 is 0 Å². The zero-order chi connectivity index (χ0) is 13.9. The summed E-state index contributed by atoms with van der Waals surface area (Å²) in [5.41, 5.74) is 5.63. The molecule has 3 rings (SSSR count). The van der Waals surface area contributed by atoms with Gasteiger partial charge in [-0.2, -0.15) is 4.52 Å². The van der Waals surface area contributed by atoms with Crippen LogP contribution in [-0.2, 0) is 6.42 Å². The second-order valence-corrected chi connectivity index (χ2v) is 4.99. The summed E-state index contributed by atoms with van der Waals surface area (Å²) >= 11 is 1.30. The Morgan fingerprint density at radius 3 is 2.85 bits per heavy atom. The van der Waals surface area contributed by atoms with Crippen molar-refractivity contribution in [2.45, 2.75) is 6.42 Å². The van der Waals surface area contributed by atoms with Crippen LogP contribution in [-0.4, -0.2) is 33.5 Å². The van der Waals surface area contributed by atoms with E-state index < -0.39 is 0 Å². The maximum atomic E-state index is 5.70. The number of ether oxygens (including phenoxy) is 2. The molecule has 0 fully saturated rings. The minimum atomic E-state index is 0.457. The van der Waals surface area contributed by atoms with E-state index in [1.807, 2.05) is 24.3 Å². The van der Waals surface area contributed by atoms with Gasteiger partial charge in [0.05, 0.1) is 13.7 Å². The Bertz CT molecular complexity index is 724. The third-order valence-electron chi connectivity index (χ3n) is 2.72. The van der Waals surface area contributed by atoms with Crippen LogP contribution in [0.2, 0.25) is 0 Å². The molecule has 2 aromatic heterocycles. The van der Waals surface area contributed by atoms with Gasteiger partial charge >= 0.3 is 0 Å². The molecule has 0 amide bonds. The number of nitrogen functional groups attached to an aromatic ring is 1. The molecule has 0 bridgehead atoms. The van der Waals surface area contributed by atoms with Crippen molar-refractivity contribution in [2.24, 2.45) is 0 Å². The Morgan fingerprint density at radius 1 is 1.25 bits per heavy atom. The first-order valence-electron chi connectivity index (χ1n) is 6.00. The number of anilines is 1. The number of nitrogens with two attached hydrogens (primary N) is 1. The van der Waals surface area contributed by atoms with E-state index in [9.17, 15) is 0 Å². The van der Waals surface area contributed by atoms with Crippen molar-refractivity contribution >= 4 is 21.4 Å². The van der Waals surface area contributed by atoms with Gasteiger partial charge in [0, 0.05) is 6.42 Å². The van der Waals surface area contributed by atoms with Gasteiger partial charge in [0.2, 0.25) is 10.1 Å². The largest absolute Gasteiger partial charge is 0.493 e. The second-order valence-electron chi connectivity index (χ2n) is 4.00. The third-order valence-corrected chi connectivity index (χ3v) is 3.45. The zero-order valence-corrected chi connectivity index (χ0v) is 11.6. The van der Waals surface area contributed by atoms with Gasteiger partial charge in [-0.3, -0.25) is 0 Å². The lowest BCUT2D eigenvalue weighted by atomic mass is 10.3. The van der Waals surface area contributed by atoms with Crippen molar-refractivity contribution in [3.05, 3.63) is 30.1 Å². The van der Waals surface area contributed by atoms with E-state index in [4.69, 9.17) is 15.2 Å². The molecule has 2 N–H and O–H groups in total. The van der Waals surface area contributed by atoms with Crippen molar-refractivity contribution in [3.8, 4) is 11.5 Å². The maximum absolute atomic E-state index is 5.70. The van der Waals surface area contributed by atoms with Gasteiger partial charge in [-0.25, -0.2) is 0 Å². The Kier molecular flexibility index (Phi) is 3.38. The Balaban J connectivity index is 1.68. The van der Waals surface area contributed by atoms with Gasteiger partial charge < -0.3 is 15.2 Å². The average Bonchev–Trinajstić information content (AvgIpc) is 2.99. The summed E-state index contributed by atoms with van der Waals surface area (Å²) in [7, 11) is 1.61. The maximum Gasteiger partial charge on any atom is 0.236 e. The number of methoxy groups -OCH3 is 1. The lowest BCUT2D eigenvalue weighted by Crippen LogP contribution is -2.06. The van der Waals surface area contributed by atoms with Gasteiger partial charge in [-0.15, -0.1) is 15.3 Å². The molecule has 1 aromatic carbocycles. The molecule has 3 aromatic rings. The number of hydrogen-bond acceptors (Lipinski definition) is 7. The van der Waals surface area contributed by atoms with Crippen LogP contribution in [0, 0.1) is 0 Å². The molecule has 0 saturated heterocycles. The highest BCUT2D eigenvalue weighted by molar-refractivity contribution is 7.20. The topological polar surface area (TPSA) is 87.6 Å². The molecule has 0 spiro atoms. The molecule has 2 heterocycles. The number of fused-ring (bicyclic) bond motifs is 1. The van der Waals surface area contributed by atoms with Crippen LogP contribution in [0.1, 0.15) is 5.82 Å². The first-order valence-corrected chi connectivity index (χ1v) is 6.82. The monoisotopic (exact) mass is 291 g/mol. The van der Waals surface area contributed by atoms with Crippen LogP contribution in [0.3, 0.4) is 0 Å². The SMILES string of the molecule is COc1ccccc1OCCc1nnc2sc(N)nn12. The van der Waals surface area contributed by atoms with Crippen LogP contribution >= 0.6 is 11.3 Å². The molecule has 0 aliphatic heterocycles. The van der Waals surface area contributed by atoms with Gasteiger partial charge in [-0.1, -0.05) is 23.5 Å². The smallest absolute Gasteiger partial charge is 0.236 e. The summed E-state index contributed by atoms with van der Waals surface area (Å²) < 4.78 is 12.6. The Labute approximate surface area is 119 Å². The fourth-order valence-corrected chi connectivity index (χ4v) is 2.44. The standard InChI is InChI=1S/C12H13N5O2S/c1-18-8-4-2-3-5-9(8)19-7-6-10-14-15-12-17(10)16-11(13)20-12/h2-5H,6-7H2,1H3,(H2,13,16). The Hall–Kier alpha value is -2.35. The summed E-state index contributed by atoms with van der Waals surface area (Å²) in [6, 6.07) is 7.50. The lowest BCUT2D eigenvalue weighted by Gasteiger charge is -2.09. The number of para-hydroxylation sites is 2. The number of hydrogen-bond donors (Lipinski definition) is 1. The molecule has 20 heavy (non-hydrogen) atoms. The first kappa shape index (κ1) is 12.7. The van der Waals surface area contributed by atoms with Crippen molar-refractivity contribution in [1.29, 1.82) is 0 Å². The number of rotatable bonds is 5. The summed E-state index contributed by atoms with van der Waals surface area (Å²) in [5, 5.41) is 12.7. The predicted molar refractivity (Wildman–Crippen MR) is 75.3 cm³/mol. The molecule has 0 unspecified atom stereocenters. The average molecular weight is 291 g/mol. The van der Waals surface area contributed by atoms with Crippen molar-refractivity contribution < 1.29 is 9.47 Å². The lowest BCUT2D eigenvalue weighted by molar-refractivity contribution is 0.295. The van der Waals surface area contributed by atoms with E-state index in [2.05, 4.69) is 15.3 Å². The van der Waals surface area contributed by atoms with Crippen LogP contribution in [0.4, 0.5) is 5.13 Å². The molecule has 0 aliphatic rings. The highest BCUT2D eigenvalue weighted by atomic mass is 32.1. The van der Waals surface area contributed by atoms with E-state index in [0.717, 1.165) is 5.82 Å². The Morgan fingerprint density at radius 2 is 2.05 bits per heavy atom. The van der Waals surface area contributed by atoms with Crippen LogP contribution < -0.4 is 15.2 Å². The normalized spacial score (nSPS) is 10.8. The highest BCUT2D eigenvalue weighted by Crippen LogP contribution is 2.25. The van der Waals surface area contributed by atoms with Crippen LogP contribution in [0.25, 0.3) is 4.96 Å². The number of aromatic nitrogens is 4. The van der Waals surface area contributed by atoms with Crippen LogP contribution in [0.15, 0.2) is 24.3 Å². The molecule has 0 radical (unpaired) electrons. The van der Waals surface area contributed by atoms with Gasteiger partial charge in [-0.05, 0) is 12.1 Å². The second kappa shape index (κ2) is 5.33. The molecular formula is C12H13N5O2S. The summed E-state index contributed by atoms with van der Waals surface area (Å²) in [6.45, 7) is 0.457. The molecule has 0 aliphatic carbocycles. The molecule has 7 nitrogen and oxygen atoms in total. The molecular weight excluding hydrogens is 278 g/mol. The van der Waals surface area contributed by atoms with E-state index in [1.54, 1.807) is 11.6 Å². The van der Waals surface area contributed by atoms with Crippen molar-refractivity contribution in [2.75, 3.05) is 19.5 Å². The number of benzene rings is 1. The quantitative estimate of drug-likeness (QED) is 0.764. The van der Waals surface area contributed by atoms with E-state index in [1.165, 1.54) is 11.3 Å². The number of nitrogens with zero attached hydrogens (tertiary/aromatic N) is 4. The van der Waals surface area contributed by atoms with Crippen molar-refractivity contribution in [3.63, 3.8) is 0 Å². The summed E-state index contributed by atoms with van der Waals surface area (Å²) in [5.74, 6) is 2.13. The van der Waals surface area contributed by atoms with Gasteiger partial charge in [0.25, 0.3) is 0 Å². The summed E-state index contributed by atoms with van der Waals surface area (Å²) in [6.07, 6.45) is 0.586.